The molecular weight excluding hydrogens is 409 g/mol. The SMILES string of the molecule is FC(F)(F)Oc1cccc(-n2nnc3ccc(NCC4CCN(C5CC5)CC4)nc32)c1. The van der Waals surface area contributed by atoms with Crippen molar-refractivity contribution < 1.29 is 17.9 Å². The predicted molar refractivity (Wildman–Crippen MR) is 109 cm³/mol. The number of halogens is 3. The number of likely N-dealkylation sites (tertiary alicyclic amines) is 1. The number of benzene rings is 1. The Labute approximate surface area is 177 Å². The van der Waals surface area contributed by atoms with Crippen molar-refractivity contribution in [1.29, 1.82) is 0 Å². The fourth-order valence-corrected chi connectivity index (χ4v) is 4.11. The largest absolute Gasteiger partial charge is 0.573 e. The maximum absolute atomic E-state index is 12.5. The molecule has 164 valence electrons. The molecule has 1 aromatic carbocycles. The average Bonchev–Trinajstić information content (AvgIpc) is 3.51. The van der Waals surface area contributed by atoms with Crippen LogP contribution in [0.25, 0.3) is 16.9 Å². The molecule has 0 unspecified atom stereocenters. The number of hydrogen-bond donors (Lipinski definition) is 1. The standard InChI is InChI=1S/C21H23F3N6O/c22-21(23,24)31-17-3-1-2-16(12-17)30-20-18(27-28-30)6-7-19(26-20)25-13-14-8-10-29(11-9-14)15-4-5-15/h1-3,6-7,12,14-15H,4-5,8-11,13H2,(H,25,26). The summed E-state index contributed by atoms with van der Waals surface area (Å²) in [5, 5.41) is 11.5. The molecule has 2 aromatic heterocycles. The zero-order chi connectivity index (χ0) is 21.4. The molecule has 0 spiro atoms. The molecule has 3 aromatic rings. The summed E-state index contributed by atoms with van der Waals surface area (Å²) in [4.78, 5) is 7.21. The van der Waals surface area contributed by atoms with E-state index in [0.717, 1.165) is 25.7 Å². The van der Waals surface area contributed by atoms with Crippen molar-refractivity contribution in [1.82, 2.24) is 24.9 Å². The minimum Gasteiger partial charge on any atom is -0.406 e. The number of nitrogens with zero attached hydrogens (tertiary/aromatic N) is 5. The Balaban J connectivity index is 1.29. The third-order valence-corrected chi connectivity index (χ3v) is 5.88. The van der Waals surface area contributed by atoms with Gasteiger partial charge in [0.15, 0.2) is 5.65 Å². The Kier molecular flexibility index (Phi) is 5.17. The fourth-order valence-electron chi connectivity index (χ4n) is 4.11. The van der Waals surface area contributed by atoms with Crippen LogP contribution < -0.4 is 10.1 Å². The first-order valence-electron chi connectivity index (χ1n) is 10.5. The highest BCUT2D eigenvalue weighted by Gasteiger charge is 2.32. The van der Waals surface area contributed by atoms with E-state index in [1.165, 1.54) is 48.6 Å². The maximum atomic E-state index is 12.5. The van der Waals surface area contributed by atoms with Crippen molar-refractivity contribution in [2.24, 2.45) is 5.92 Å². The molecule has 0 radical (unpaired) electrons. The first-order chi connectivity index (χ1) is 14.9. The van der Waals surface area contributed by atoms with Crippen LogP contribution in [0.15, 0.2) is 36.4 Å². The molecule has 1 N–H and O–H groups in total. The van der Waals surface area contributed by atoms with E-state index in [9.17, 15) is 13.2 Å². The van der Waals surface area contributed by atoms with Gasteiger partial charge in [0.25, 0.3) is 0 Å². The summed E-state index contributed by atoms with van der Waals surface area (Å²) in [6, 6.07) is 10.1. The predicted octanol–water partition coefficient (Wildman–Crippen LogP) is 4.00. The zero-order valence-corrected chi connectivity index (χ0v) is 16.8. The molecule has 5 rings (SSSR count). The van der Waals surface area contributed by atoms with Gasteiger partial charge in [-0.2, -0.15) is 4.68 Å². The van der Waals surface area contributed by atoms with E-state index in [0.29, 0.717) is 28.6 Å². The lowest BCUT2D eigenvalue weighted by atomic mass is 9.96. The monoisotopic (exact) mass is 432 g/mol. The summed E-state index contributed by atoms with van der Waals surface area (Å²) in [6.45, 7) is 3.17. The number of aromatic nitrogens is 4. The van der Waals surface area contributed by atoms with E-state index >= 15 is 0 Å². The number of nitrogens with one attached hydrogen (secondary N) is 1. The molecule has 3 heterocycles. The zero-order valence-electron chi connectivity index (χ0n) is 16.8. The van der Waals surface area contributed by atoms with Gasteiger partial charge in [-0.1, -0.05) is 11.3 Å². The maximum Gasteiger partial charge on any atom is 0.573 e. The molecule has 1 aliphatic carbocycles. The van der Waals surface area contributed by atoms with Crippen LogP contribution in [-0.4, -0.2) is 56.9 Å². The van der Waals surface area contributed by atoms with Crippen LogP contribution >= 0.6 is 0 Å². The van der Waals surface area contributed by atoms with Gasteiger partial charge in [0, 0.05) is 18.7 Å². The Morgan fingerprint density at radius 2 is 1.87 bits per heavy atom. The van der Waals surface area contributed by atoms with Crippen LogP contribution in [0.2, 0.25) is 0 Å². The number of rotatable bonds is 6. The molecule has 0 amide bonds. The molecule has 2 aliphatic rings. The lowest BCUT2D eigenvalue weighted by molar-refractivity contribution is -0.274. The van der Waals surface area contributed by atoms with Crippen LogP contribution in [-0.2, 0) is 0 Å². The van der Waals surface area contributed by atoms with Gasteiger partial charge < -0.3 is 15.0 Å². The summed E-state index contributed by atoms with van der Waals surface area (Å²) in [5.41, 5.74) is 1.42. The number of piperidine rings is 1. The smallest absolute Gasteiger partial charge is 0.406 e. The summed E-state index contributed by atoms with van der Waals surface area (Å²) >= 11 is 0. The highest BCUT2D eigenvalue weighted by molar-refractivity contribution is 5.74. The number of hydrogen-bond acceptors (Lipinski definition) is 6. The third-order valence-electron chi connectivity index (χ3n) is 5.88. The minimum absolute atomic E-state index is 0.319. The summed E-state index contributed by atoms with van der Waals surface area (Å²) in [5.74, 6) is 0.982. The molecule has 31 heavy (non-hydrogen) atoms. The van der Waals surface area contributed by atoms with E-state index in [2.05, 4.69) is 30.2 Å². The van der Waals surface area contributed by atoms with E-state index < -0.39 is 6.36 Å². The van der Waals surface area contributed by atoms with Crippen molar-refractivity contribution >= 4 is 17.0 Å². The Hall–Kier alpha value is -2.88. The first-order valence-corrected chi connectivity index (χ1v) is 10.5. The number of alkyl halides is 3. The van der Waals surface area contributed by atoms with Gasteiger partial charge in [-0.15, -0.1) is 18.3 Å². The average molecular weight is 432 g/mol. The highest BCUT2D eigenvalue weighted by atomic mass is 19.4. The minimum atomic E-state index is -4.76. The van der Waals surface area contributed by atoms with Crippen LogP contribution in [0.1, 0.15) is 25.7 Å². The lowest BCUT2D eigenvalue weighted by Crippen LogP contribution is -2.37. The van der Waals surface area contributed by atoms with Gasteiger partial charge in [0.2, 0.25) is 0 Å². The molecule has 0 bridgehead atoms. The van der Waals surface area contributed by atoms with Crippen LogP contribution in [0.4, 0.5) is 19.0 Å². The second-order valence-electron chi connectivity index (χ2n) is 8.18. The van der Waals surface area contributed by atoms with E-state index in [1.54, 1.807) is 12.1 Å². The Bertz CT molecular complexity index is 1060. The van der Waals surface area contributed by atoms with Crippen molar-refractivity contribution in [3.63, 3.8) is 0 Å². The van der Waals surface area contributed by atoms with E-state index in [1.807, 2.05) is 6.07 Å². The fraction of sp³-hybridized carbons (Fsp3) is 0.476. The topological polar surface area (TPSA) is 68.1 Å². The second-order valence-corrected chi connectivity index (χ2v) is 8.18. The second kappa shape index (κ2) is 7.99. The number of pyridine rings is 1. The number of ether oxygens (including phenoxy) is 1. The summed E-state index contributed by atoms with van der Waals surface area (Å²) < 4.78 is 43.1. The molecule has 10 heteroatoms. The molecule has 0 atom stereocenters. The van der Waals surface area contributed by atoms with Crippen LogP contribution in [0, 0.1) is 5.92 Å². The van der Waals surface area contributed by atoms with Gasteiger partial charge in [-0.3, -0.25) is 0 Å². The molecule has 7 nitrogen and oxygen atoms in total. The van der Waals surface area contributed by atoms with E-state index in [-0.39, 0.29) is 5.75 Å². The molecule has 1 aliphatic heterocycles. The third kappa shape index (κ3) is 4.73. The summed E-state index contributed by atoms with van der Waals surface area (Å²) in [7, 11) is 0. The van der Waals surface area contributed by atoms with Gasteiger partial charge in [0.05, 0.1) is 5.69 Å². The molecule has 1 saturated heterocycles. The van der Waals surface area contributed by atoms with Crippen molar-refractivity contribution in [3.05, 3.63) is 36.4 Å². The highest BCUT2D eigenvalue weighted by Crippen LogP contribution is 2.31. The van der Waals surface area contributed by atoms with Gasteiger partial charge >= 0.3 is 6.36 Å². The Morgan fingerprint density at radius 1 is 1.06 bits per heavy atom. The van der Waals surface area contributed by atoms with Crippen molar-refractivity contribution in [3.8, 4) is 11.4 Å². The first kappa shape index (κ1) is 20.0. The van der Waals surface area contributed by atoms with Crippen molar-refractivity contribution in [2.75, 3.05) is 25.0 Å². The normalized spacial score (nSPS) is 18.4. The van der Waals surface area contributed by atoms with Crippen LogP contribution in [0.5, 0.6) is 5.75 Å². The van der Waals surface area contributed by atoms with Gasteiger partial charge in [-0.25, -0.2) is 4.98 Å². The van der Waals surface area contributed by atoms with Gasteiger partial charge in [0.1, 0.15) is 17.1 Å². The number of anilines is 1. The van der Waals surface area contributed by atoms with Crippen LogP contribution in [0.3, 0.4) is 0 Å². The summed E-state index contributed by atoms with van der Waals surface area (Å²) in [6.07, 6.45) is 0.293. The Morgan fingerprint density at radius 3 is 2.61 bits per heavy atom. The quantitative estimate of drug-likeness (QED) is 0.635. The molecule has 1 saturated carbocycles. The lowest BCUT2D eigenvalue weighted by Gasteiger charge is -2.32. The van der Waals surface area contributed by atoms with E-state index in [4.69, 9.17) is 0 Å². The van der Waals surface area contributed by atoms with Gasteiger partial charge in [-0.05, 0) is 69.0 Å². The number of fused-ring (bicyclic) bond motifs is 1. The molecular formula is C21H23F3N6O. The molecule has 2 fully saturated rings. The van der Waals surface area contributed by atoms with Crippen molar-refractivity contribution in [2.45, 2.75) is 38.1 Å².